The molecule has 0 aliphatic carbocycles. The molecule has 1 saturated heterocycles. The van der Waals surface area contributed by atoms with E-state index in [-0.39, 0.29) is 17.9 Å². The van der Waals surface area contributed by atoms with E-state index in [1.54, 1.807) is 47.4 Å². The number of nitrogens with one attached hydrogen (secondary N) is 1. The van der Waals surface area contributed by atoms with Gasteiger partial charge in [-0.25, -0.2) is 0 Å². The zero-order valence-corrected chi connectivity index (χ0v) is 17.6. The average Bonchev–Trinajstić information content (AvgIpc) is 2.71. The smallest absolute Gasteiger partial charge is 0.255 e. The maximum atomic E-state index is 12.7. The van der Waals surface area contributed by atoms with E-state index in [2.05, 4.69) is 5.32 Å². The molecule has 1 unspecified atom stereocenters. The molecule has 1 N–H and O–H groups in total. The molecule has 2 aromatic rings. The molecule has 0 aromatic heterocycles. The van der Waals surface area contributed by atoms with Gasteiger partial charge >= 0.3 is 0 Å². The van der Waals surface area contributed by atoms with Crippen molar-refractivity contribution in [1.82, 2.24) is 9.80 Å². The molecule has 8 heteroatoms. The molecule has 5 nitrogen and oxygen atoms in total. The van der Waals surface area contributed by atoms with Crippen LogP contribution in [0, 0.1) is 0 Å². The van der Waals surface area contributed by atoms with E-state index in [0.717, 1.165) is 0 Å². The monoisotopic (exact) mass is 439 g/mol. The number of carbonyl (C=O) groups excluding carboxylic acids is 2. The Hall–Kier alpha value is -1.79. The van der Waals surface area contributed by atoms with Crippen LogP contribution in [0.15, 0.2) is 42.5 Å². The second-order valence-electron chi connectivity index (χ2n) is 6.57. The topological polar surface area (TPSA) is 52.7 Å². The molecular formula is C20H20Cl3N3O2. The molecule has 1 aliphatic rings. The molecule has 148 valence electrons. The summed E-state index contributed by atoms with van der Waals surface area (Å²) in [7, 11) is 0. The molecular weight excluding hydrogens is 421 g/mol. The van der Waals surface area contributed by atoms with Crippen molar-refractivity contribution in [3.05, 3.63) is 63.1 Å². The molecule has 1 fully saturated rings. The van der Waals surface area contributed by atoms with Gasteiger partial charge in [0.15, 0.2) is 0 Å². The van der Waals surface area contributed by atoms with E-state index in [1.165, 1.54) is 0 Å². The van der Waals surface area contributed by atoms with Crippen LogP contribution in [0.2, 0.25) is 15.1 Å². The molecule has 0 spiro atoms. The minimum Gasteiger partial charge on any atom is -0.336 e. The van der Waals surface area contributed by atoms with Gasteiger partial charge in [-0.15, -0.1) is 0 Å². The van der Waals surface area contributed by atoms with Crippen LogP contribution in [-0.2, 0) is 4.79 Å². The minimum atomic E-state index is -0.368. The highest BCUT2D eigenvalue weighted by molar-refractivity contribution is 6.44. The van der Waals surface area contributed by atoms with Crippen LogP contribution in [0.3, 0.4) is 0 Å². The molecule has 28 heavy (non-hydrogen) atoms. The van der Waals surface area contributed by atoms with Gasteiger partial charge in [0.05, 0.1) is 32.4 Å². The standard InChI is InChI=1S/C20H20Cl3N3O2/c1-13(19(27)24-17-8-4-7-16(22)18(17)23)25-9-11-26(12-10-25)20(28)14-5-2-3-6-15(14)21/h2-8,13H,9-12H2,1H3,(H,24,27). The number of hydrogen-bond donors (Lipinski definition) is 1. The first kappa shape index (κ1) is 20.9. The molecule has 0 bridgehead atoms. The van der Waals surface area contributed by atoms with Gasteiger partial charge in [-0.1, -0.05) is 53.0 Å². The maximum Gasteiger partial charge on any atom is 0.255 e. The summed E-state index contributed by atoms with van der Waals surface area (Å²) in [6, 6.07) is 11.8. The number of carbonyl (C=O) groups is 2. The van der Waals surface area contributed by atoms with Gasteiger partial charge in [-0.3, -0.25) is 14.5 Å². The number of amides is 2. The van der Waals surface area contributed by atoms with Gasteiger partial charge in [0.1, 0.15) is 0 Å². The van der Waals surface area contributed by atoms with Crippen LogP contribution in [0.5, 0.6) is 0 Å². The van der Waals surface area contributed by atoms with Gasteiger partial charge in [-0.2, -0.15) is 0 Å². The van der Waals surface area contributed by atoms with Crippen LogP contribution in [0.25, 0.3) is 0 Å². The summed E-state index contributed by atoms with van der Waals surface area (Å²) in [6.07, 6.45) is 0. The lowest BCUT2D eigenvalue weighted by atomic mass is 10.1. The van der Waals surface area contributed by atoms with Crippen molar-refractivity contribution in [3.63, 3.8) is 0 Å². The Morgan fingerprint density at radius 3 is 2.25 bits per heavy atom. The summed E-state index contributed by atoms with van der Waals surface area (Å²) in [4.78, 5) is 29.1. The van der Waals surface area contributed by atoms with Gasteiger partial charge < -0.3 is 10.2 Å². The maximum absolute atomic E-state index is 12.7. The van der Waals surface area contributed by atoms with Crippen LogP contribution in [0.4, 0.5) is 5.69 Å². The van der Waals surface area contributed by atoms with E-state index >= 15 is 0 Å². The summed E-state index contributed by atoms with van der Waals surface area (Å²) < 4.78 is 0. The van der Waals surface area contributed by atoms with Crippen molar-refractivity contribution < 1.29 is 9.59 Å². The Labute approximate surface area is 179 Å². The summed E-state index contributed by atoms with van der Waals surface area (Å²) in [6.45, 7) is 4.07. The predicted octanol–water partition coefficient (Wildman–Crippen LogP) is 4.43. The Morgan fingerprint density at radius 1 is 0.929 bits per heavy atom. The first-order valence-corrected chi connectivity index (χ1v) is 10.0. The molecule has 1 heterocycles. The summed E-state index contributed by atoms with van der Waals surface area (Å²) in [5.74, 6) is -0.261. The van der Waals surface area contributed by atoms with Crippen LogP contribution < -0.4 is 5.32 Å². The number of benzene rings is 2. The third-order valence-electron chi connectivity index (χ3n) is 4.84. The number of piperazine rings is 1. The van der Waals surface area contributed by atoms with Gasteiger partial charge in [0.2, 0.25) is 5.91 Å². The summed E-state index contributed by atoms with van der Waals surface area (Å²) >= 11 is 18.3. The van der Waals surface area contributed by atoms with Crippen molar-refractivity contribution in [2.24, 2.45) is 0 Å². The van der Waals surface area contributed by atoms with Crippen molar-refractivity contribution in [2.75, 3.05) is 31.5 Å². The molecule has 0 radical (unpaired) electrons. The van der Waals surface area contributed by atoms with Crippen molar-refractivity contribution in [2.45, 2.75) is 13.0 Å². The van der Waals surface area contributed by atoms with E-state index in [1.807, 2.05) is 11.8 Å². The summed E-state index contributed by atoms with van der Waals surface area (Å²) in [5.41, 5.74) is 0.984. The van der Waals surface area contributed by atoms with Crippen LogP contribution in [0.1, 0.15) is 17.3 Å². The second kappa shape index (κ2) is 9.14. The van der Waals surface area contributed by atoms with E-state index in [0.29, 0.717) is 52.5 Å². The largest absolute Gasteiger partial charge is 0.336 e. The molecule has 2 aromatic carbocycles. The Morgan fingerprint density at radius 2 is 1.57 bits per heavy atom. The van der Waals surface area contributed by atoms with Crippen molar-refractivity contribution in [1.29, 1.82) is 0 Å². The zero-order valence-electron chi connectivity index (χ0n) is 15.3. The lowest BCUT2D eigenvalue weighted by Crippen LogP contribution is -2.54. The third-order valence-corrected chi connectivity index (χ3v) is 5.99. The fraction of sp³-hybridized carbons (Fsp3) is 0.300. The SMILES string of the molecule is CC(C(=O)Nc1cccc(Cl)c1Cl)N1CCN(C(=O)c2ccccc2Cl)CC1. The molecule has 2 amide bonds. The van der Waals surface area contributed by atoms with E-state index in [9.17, 15) is 9.59 Å². The van der Waals surface area contributed by atoms with Gasteiger partial charge in [0.25, 0.3) is 5.91 Å². The van der Waals surface area contributed by atoms with Crippen molar-refractivity contribution in [3.8, 4) is 0 Å². The first-order valence-electron chi connectivity index (χ1n) is 8.91. The fourth-order valence-electron chi connectivity index (χ4n) is 3.12. The summed E-state index contributed by atoms with van der Waals surface area (Å²) in [5, 5.41) is 3.97. The highest BCUT2D eigenvalue weighted by Gasteiger charge is 2.28. The van der Waals surface area contributed by atoms with Gasteiger partial charge in [0, 0.05) is 26.2 Å². The highest BCUT2D eigenvalue weighted by atomic mass is 35.5. The number of rotatable bonds is 4. The average molecular weight is 441 g/mol. The van der Waals surface area contributed by atoms with Gasteiger partial charge in [-0.05, 0) is 31.2 Å². The van der Waals surface area contributed by atoms with Crippen molar-refractivity contribution >= 4 is 52.3 Å². The van der Waals surface area contributed by atoms with E-state index in [4.69, 9.17) is 34.8 Å². The Kier molecular flexibility index (Phi) is 6.83. The number of anilines is 1. The molecule has 3 rings (SSSR count). The quantitative estimate of drug-likeness (QED) is 0.765. The lowest BCUT2D eigenvalue weighted by molar-refractivity contribution is -0.121. The van der Waals surface area contributed by atoms with E-state index < -0.39 is 0 Å². The number of halogens is 3. The lowest BCUT2D eigenvalue weighted by Gasteiger charge is -2.37. The normalized spacial score (nSPS) is 15.9. The second-order valence-corrected chi connectivity index (χ2v) is 7.77. The highest BCUT2D eigenvalue weighted by Crippen LogP contribution is 2.29. The Bertz CT molecular complexity index is 883. The number of hydrogen-bond acceptors (Lipinski definition) is 3. The zero-order chi connectivity index (χ0) is 20.3. The number of nitrogens with zero attached hydrogens (tertiary/aromatic N) is 2. The van der Waals surface area contributed by atoms with Crippen LogP contribution >= 0.6 is 34.8 Å². The fourth-order valence-corrected chi connectivity index (χ4v) is 3.68. The Balaban J connectivity index is 1.58. The molecule has 1 aliphatic heterocycles. The predicted molar refractivity (Wildman–Crippen MR) is 113 cm³/mol. The first-order chi connectivity index (χ1) is 13.4. The minimum absolute atomic E-state index is 0.0898. The third kappa shape index (κ3) is 4.61. The molecule has 0 saturated carbocycles. The molecule has 1 atom stereocenters. The van der Waals surface area contributed by atoms with Crippen LogP contribution in [-0.4, -0.2) is 53.8 Å².